The van der Waals surface area contributed by atoms with Crippen LogP contribution in [0.1, 0.15) is 15.9 Å². The Morgan fingerprint density at radius 1 is 1.12 bits per heavy atom. The normalized spacial score (nSPS) is 11.1. The Morgan fingerprint density at radius 3 is 2.29 bits per heavy atom. The Bertz CT molecular complexity index is 892. The van der Waals surface area contributed by atoms with E-state index in [1.54, 1.807) is 6.07 Å². The van der Waals surface area contributed by atoms with Gasteiger partial charge >= 0.3 is 0 Å². The maximum atomic E-state index is 12.2. The monoisotopic (exact) mass is 349 g/mol. The Morgan fingerprint density at radius 2 is 1.75 bits per heavy atom. The average Bonchev–Trinajstić information content (AvgIpc) is 2.56. The zero-order valence-electron chi connectivity index (χ0n) is 12.9. The molecule has 0 spiro atoms. The van der Waals surface area contributed by atoms with Gasteiger partial charge in [0, 0.05) is 11.6 Å². The standard InChI is InChI=1S/C15H15N3O5S/c1-10-13(4-3-5-14(10)18(20)21)17-15(19)11-6-8-12(9-7-11)24(22,23)16-2/h3-9,16H,1-2H3,(H,17,19). The molecular formula is C15H15N3O5S. The van der Waals surface area contributed by atoms with Crippen LogP contribution in [0.4, 0.5) is 11.4 Å². The molecule has 0 radical (unpaired) electrons. The van der Waals surface area contributed by atoms with Crippen molar-refractivity contribution in [3.63, 3.8) is 0 Å². The van der Waals surface area contributed by atoms with E-state index >= 15 is 0 Å². The molecule has 0 heterocycles. The number of amides is 1. The summed E-state index contributed by atoms with van der Waals surface area (Å²) in [6, 6.07) is 9.73. The average molecular weight is 349 g/mol. The number of benzene rings is 2. The van der Waals surface area contributed by atoms with Crippen molar-refractivity contribution < 1.29 is 18.1 Å². The third-order valence-electron chi connectivity index (χ3n) is 3.45. The highest BCUT2D eigenvalue weighted by Crippen LogP contribution is 2.25. The minimum Gasteiger partial charge on any atom is -0.321 e. The molecule has 2 rings (SSSR count). The molecule has 0 saturated heterocycles. The van der Waals surface area contributed by atoms with E-state index in [-0.39, 0.29) is 16.1 Å². The van der Waals surface area contributed by atoms with E-state index in [1.165, 1.54) is 50.4 Å². The highest BCUT2D eigenvalue weighted by atomic mass is 32.2. The smallest absolute Gasteiger partial charge is 0.274 e. The first-order valence-corrected chi connectivity index (χ1v) is 8.33. The summed E-state index contributed by atoms with van der Waals surface area (Å²) in [5, 5.41) is 13.5. The maximum Gasteiger partial charge on any atom is 0.274 e. The number of nitro groups is 1. The fraction of sp³-hybridized carbons (Fsp3) is 0.133. The van der Waals surface area contributed by atoms with E-state index < -0.39 is 20.9 Å². The fourth-order valence-corrected chi connectivity index (χ4v) is 2.78. The second-order valence-electron chi connectivity index (χ2n) is 4.89. The highest BCUT2D eigenvalue weighted by molar-refractivity contribution is 7.89. The highest BCUT2D eigenvalue weighted by Gasteiger charge is 2.16. The lowest BCUT2D eigenvalue weighted by molar-refractivity contribution is -0.385. The van der Waals surface area contributed by atoms with Crippen LogP contribution in [0.5, 0.6) is 0 Å². The molecule has 1 amide bonds. The van der Waals surface area contributed by atoms with E-state index in [0.29, 0.717) is 11.3 Å². The lowest BCUT2D eigenvalue weighted by atomic mass is 10.1. The second kappa shape index (κ2) is 6.77. The number of nitrogens with zero attached hydrogens (tertiary/aromatic N) is 1. The van der Waals surface area contributed by atoms with Gasteiger partial charge in [-0.3, -0.25) is 14.9 Å². The number of carbonyl (C=O) groups excluding carboxylic acids is 1. The molecule has 2 aromatic rings. The number of nitrogens with one attached hydrogen (secondary N) is 2. The zero-order valence-corrected chi connectivity index (χ0v) is 13.8. The molecule has 2 aromatic carbocycles. The van der Waals surface area contributed by atoms with Crippen LogP contribution in [0, 0.1) is 17.0 Å². The van der Waals surface area contributed by atoms with Crippen LogP contribution in [-0.2, 0) is 10.0 Å². The lowest BCUT2D eigenvalue weighted by Crippen LogP contribution is -2.19. The molecular weight excluding hydrogens is 334 g/mol. The number of sulfonamides is 1. The van der Waals surface area contributed by atoms with Crippen molar-refractivity contribution in [1.82, 2.24) is 4.72 Å². The van der Waals surface area contributed by atoms with Gasteiger partial charge in [-0.05, 0) is 44.3 Å². The van der Waals surface area contributed by atoms with Gasteiger partial charge in [-0.15, -0.1) is 0 Å². The number of anilines is 1. The molecule has 8 nitrogen and oxygen atoms in total. The second-order valence-corrected chi connectivity index (χ2v) is 6.78. The molecule has 0 atom stereocenters. The summed E-state index contributed by atoms with van der Waals surface area (Å²) < 4.78 is 25.5. The molecule has 0 aliphatic rings. The van der Waals surface area contributed by atoms with Gasteiger partial charge in [0.2, 0.25) is 10.0 Å². The number of carbonyl (C=O) groups is 1. The maximum absolute atomic E-state index is 12.2. The molecule has 0 aromatic heterocycles. The van der Waals surface area contributed by atoms with Gasteiger partial charge in [-0.2, -0.15) is 0 Å². The summed E-state index contributed by atoms with van der Waals surface area (Å²) in [5.74, 6) is -0.494. The van der Waals surface area contributed by atoms with Crippen LogP contribution in [-0.4, -0.2) is 26.3 Å². The number of hydrogen-bond acceptors (Lipinski definition) is 5. The predicted octanol–water partition coefficient (Wildman–Crippen LogP) is 2.06. The quantitative estimate of drug-likeness (QED) is 0.633. The van der Waals surface area contributed by atoms with Crippen LogP contribution < -0.4 is 10.0 Å². The Balaban J connectivity index is 2.25. The molecule has 0 bridgehead atoms. The van der Waals surface area contributed by atoms with E-state index in [0.717, 1.165) is 0 Å². The molecule has 24 heavy (non-hydrogen) atoms. The first kappa shape index (κ1) is 17.6. The van der Waals surface area contributed by atoms with Crippen LogP contribution in [0.2, 0.25) is 0 Å². The first-order valence-electron chi connectivity index (χ1n) is 6.85. The zero-order chi connectivity index (χ0) is 17.9. The predicted molar refractivity (Wildman–Crippen MR) is 88.5 cm³/mol. The van der Waals surface area contributed by atoms with Gasteiger partial charge in [-0.25, -0.2) is 13.1 Å². The van der Waals surface area contributed by atoms with Crippen molar-refractivity contribution in [2.75, 3.05) is 12.4 Å². The molecule has 126 valence electrons. The van der Waals surface area contributed by atoms with E-state index in [4.69, 9.17) is 0 Å². The lowest BCUT2D eigenvalue weighted by Gasteiger charge is -2.09. The van der Waals surface area contributed by atoms with Crippen LogP contribution in [0.25, 0.3) is 0 Å². The third-order valence-corrected chi connectivity index (χ3v) is 4.88. The largest absolute Gasteiger partial charge is 0.321 e. The van der Waals surface area contributed by atoms with Gasteiger partial charge in [0.1, 0.15) is 0 Å². The number of rotatable bonds is 5. The topological polar surface area (TPSA) is 118 Å². The summed E-state index contributed by atoms with van der Waals surface area (Å²) in [7, 11) is -2.29. The molecule has 0 aliphatic carbocycles. The van der Waals surface area contributed by atoms with E-state index in [9.17, 15) is 23.3 Å². The summed E-state index contributed by atoms with van der Waals surface area (Å²) >= 11 is 0. The summed E-state index contributed by atoms with van der Waals surface area (Å²) in [5.41, 5.74) is 0.797. The molecule has 2 N–H and O–H groups in total. The van der Waals surface area contributed by atoms with Crippen LogP contribution in [0.3, 0.4) is 0 Å². The molecule has 0 aliphatic heterocycles. The minimum absolute atomic E-state index is 0.0353. The molecule has 0 unspecified atom stereocenters. The Hall–Kier alpha value is -2.78. The van der Waals surface area contributed by atoms with Crippen molar-refractivity contribution in [3.8, 4) is 0 Å². The fourth-order valence-electron chi connectivity index (χ4n) is 2.05. The third kappa shape index (κ3) is 3.58. The summed E-state index contributed by atoms with van der Waals surface area (Å²) in [6.45, 7) is 1.54. The molecule has 9 heteroatoms. The van der Waals surface area contributed by atoms with Crippen molar-refractivity contribution in [1.29, 1.82) is 0 Å². The van der Waals surface area contributed by atoms with Crippen molar-refractivity contribution >= 4 is 27.3 Å². The minimum atomic E-state index is -3.58. The number of hydrogen-bond donors (Lipinski definition) is 2. The van der Waals surface area contributed by atoms with Gasteiger partial charge in [0.15, 0.2) is 0 Å². The SMILES string of the molecule is CNS(=O)(=O)c1ccc(C(=O)Nc2cccc([N+](=O)[O-])c2C)cc1. The summed E-state index contributed by atoms with van der Waals surface area (Å²) in [6.07, 6.45) is 0. The Labute approximate surface area is 138 Å². The van der Waals surface area contributed by atoms with E-state index in [1.807, 2.05) is 0 Å². The number of nitro benzene ring substituents is 1. The van der Waals surface area contributed by atoms with Crippen LogP contribution >= 0.6 is 0 Å². The van der Waals surface area contributed by atoms with Gasteiger partial charge in [-0.1, -0.05) is 6.07 Å². The van der Waals surface area contributed by atoms with Crippen molar-refractivity contribution in [2.45, 2.75) is 11.8 Å². The van der Waals surface area contributed by atoms with Crippen molar-refractivity contribution in [3.05, 3.63) is 63.7 Å². The van der Waals surface area contributed by atoms with Crippen LogP contribution in [0.15, 0.2) is 47.4 Å². The van der Waals surface area contributed by atoms with Crippen molar-refractivity contribution in [2.24, 2.45) is 0 Å². The molecule has 0 fully saturated rings. The molecule has 0 saturated carbocycles. The summed E-state index contributed by atoms with van der Waals surface area (Å²) in [4.78, 5) is 22.7. The van der Waals surface area contributed by atoms with Gasteiger partial charge < -0.3 is 5.32 Å². The van der Waals surface area contributed by atoms with Gasteiger partial charge in [0.05, 0.1) is 21.1 Å². The first-order chi connectivity index (χ1) is 11.3. The van der Waals surface area contributed by atoms with E-state index in [2.05, 4.69) is 10.0 Å². The Kier molecular flexibility index (Phi) is 4.96. The van der Waals surface area contributed by atoms with Gasteiger partial charge in [0.25, 0.3) is 11.6 Å².